The van der Waals surface area contributed by atoms with Crippen LogP contribution in [-0.2, 0) is 0 Å². The molecule has 1 N–H and O–H groups in total. The molecule has 11 heavy (non-hydrogen) atoms. The van der Waals surface area contributed by atoms with E-state index in [1.165, 1.54) is 0 Å². The lowest BCUT2D eigenvalue weighted by Gasteiger charge is -2.19. The normalized spacial score (nSPS) is 16.5. The molecule has 0 spiro atoms. The molecule has 0 aromatic carbocycles. The van der Waals surface area contributed by atoms with Gasteiger partial charge in [0.2, 0.25) is 0 Å². The second-order valence-corrected chi connectivity index (χ2v) is 3.44. The quantitative estimate of drug-likeness (QED) is 0.607. The third-order valence-electron chi connectivity index (χ3n) is 2.17. The summed E-state index contributed by atoms with van der Waals surface area (Å²) in [6, 6.07) is 0. The van der Waals surface area contributed by atoms with Gasteiger partial charge in [0.15, 0.2) is 0 Å². The van der Waals surface area contributed by atoms with Crippen LogP contribution in [0.1, 0.15) is 33.6 Å². The molecule has 0 rings (SSSR count). The van der Waals surface area contributed by atoms with Gasteiger partial charge in [-0.05, 0) is 24.7 Å². The summed E-state index contributed by atoms with van der Waals surface area (Å²) < 4.78 is 0. The lowest BCUT2D eigenvalue weighted by molar-refractivity contribution is 0.137. The molecule has 2 unspecified atom stereocenters. The zero-order valence-corrected chi connectivity index (χ0v) is 7.88. The van der Waals surface area contributed by atoms with Crippen LogP contribution >= 0.6 is 0 Å². The van der Waals surface area contributed by atoms with Gasteiger partial charge in [-0.2, -0.15) is 0 Å². The highest BCUT2D eigenvalue weighted by molar-refractivity contribution is 4.82. The number of aliphatic hydroxyl groups excluding tert-OH is 1. The van der Waals surface area contributed by atoms with Gasteiger partial charge in [-0.3, -0.25) is 0 Å². The molecule has 0 amide bonds. The van der Waals surface area contributed by atoms with E-state index < -0.39 is 0 Å². The summed E-state index contributed by atoms with van der Waals surface area (Å²) in [5, 5.41) is 9.36. The maximum Gasteiger partial charge on any atom is 0.0543 e. The summed E-state index contributed by atoms with van der Waals surface area (Å²) in [6.07, 6.45) is 3.50. The molecule has 0 radical (unpaired) electrons. The zero-order chi connectivity index (χ0) is 8.85. The molecule has 0 aromatic heterocycles. The Morgan fingerprint density at radius 1 is 1.45 bits per heavy atom. The molecule has 0 saturated carbocycles. The van der Waals surface area contributed by atoms with Crippen LogP contribution in [-0.4, -0.2) is 11.2 Å². The Hall–Kier alpha value is -0.300. The molecule has 1 heteroatoms. The molecule has 0 heterocycles. The minimum Gasteiger partial charge on any atom is -0.393 e. The maximum absolute atomic E-state index is 9.36. The van der Waals surface area contributed by atoms with Gasteiger partial charge in [-0.15, -0.1) is 6.58 Å². The molecule has 0 aliphatic rings. The molecule has 2 atom stereocenters. The number of hydrogen-bond donors (Lipinski definition) is 1. The van der Waals surface area contributed by atoms with Crippen LogP contribution in [0.3, 0.4) is 0 Å². The Kier molecular flexibility index (Phi) is 5.22. The maximum atomic E-state index is 9.36. The summed E-state index contributed by atoms with van der Waals surface area (Å²) in [5.74, 6) is 1.05. The van der Waals surface area contributed by atoms with Gasteiger partial charge in [0.05, 0.1) is 6.10 Å². The van der Waals surface area contributed by atoms with Crippen molar-refractivity contribution in [3.8, 4) is 0 Å². The van der Waals surface area contributed by atoms with E-state index in [0.29, 0.717) is 11.8 Å². The molecule has 0 saturated heterocycles. The van der Waals surface area contributed by atoms with Crippen molar-refractivity contribution >= 4 is 0 Å². The van der Waals surface area contributed by atoms with Crippen LogP contribution in [0.2, 0.25) is 0 Å². The first kappa shape index (κ1) is 10.7. The summed E-state index contributed by atoms with van der Waals surface area (Å²) in [7, 11) is 0. The third kappa shape index (κ3) is 4.20. The molecule has 0 bridgehead atoms. The summed E-state index contributed by atoms with van der Waals surface area (Å²) in [5.41, 5.74) is 0. The average Bonchev–Trinajstić information content (AvgIpc) is 1.99. The van der Waals surface area contributed by atoms with Gasteiger partial charge >= 0.3 is 0 Å². The van der Waals surface area contributed by atoms with E-state index in [1.807, 2.05) is 13.0 Å². The smallest absolute Gasteiger partial charge is 0.0543 e. The van der Waals surface area contributed by atoms with Crippen molar-refractivity contribution in [3.05, 3.63) is 12.7 Å². The second-order valence-electron chi connectivity index (χ2n) is 3.44. The zero-order valence-electron chi connectivity index (χ0n) is 7.88. The number of hydrogen-bond acceptors (Lipinski definition) is 1. The van der Waals surface area contributed by atoms with E-state index in [0.717, 1.165) is 12.8 Å². The lowest BCUT2D eigenvalue weighted by atomic mass is 9.90. The summed E-state index contributed by atoms with van der Waals surface area (Å²) in [4.78, 5) is 0. The Morgan fingerprint density at radius 2 is 2.00 bits per heavy atom. The predicted octanol–water partition coefficient (Wildman–Crippen LogP) is 2.61. The summed E-state index contributed by atoms with van der Waals surface area (Å²) in [6.45, 7) is 10.1. The van der Waals surface area contributed by atoms with Crippen molar-refractivity contribution in [1.82, 2.24) is 0 Å². The monoisotopic (exact) mass is 156 g/mol. The van der Waals surface area contributed by atoms with Crippen LogP contribution in [0.25, 0.3) is 0 Å². The lowest BCUT2D eigenvalue weighted by Crippen LogP contribution is -2.15. The first-order valence-corrected chi connectivity index (χ1v) is 4.42. The van der Waals surface area contributed by atoms with Crippen LogP contribution < -0.4 is 0 Å². The Morgan fingerprint density at radius 3 is 2.27 bits per heavy atom. The fourth-order valence-corrected chi connectivity index (χ4v) is 1.12. The van der Waals surface area contributed by atoms with Crippen LogP contribution in [0.4, 0.5) is 0 Å². The van der Waals surface area contributed by atoms with E-state index >= 15 is 0 Å². The Balaban J connectivity index is 3.77. The van der Waals surface area contributed by atoms with Crippen molar-refractivity contribution < 1.29 is 5.11 Å². The fourth-order valence-electron chi connectivity index (χ4n) is 1.12. The van der Waals surface area contributed by atoms with Gasteiger partial charge in [0.1, 0.15) is 0 Å². The highest BCUT2D eigenvalue weighted by atomic mass is 16.3. The van der Waals surface area contributed by atoms with Gasteiger partial charge < -0.3 is 5.11 Å². The molecule has 66 valence electrons. The van der Waals surface area contributed by atoms with Crippen molar-refractivity contribution in [2.75, 3.05) is 0 Å². The van der Waals surface area contributed by atoms with E-state index in [-0.39, 0.29) is 6.10 Å². The molecule has 0 aliphatic carbocycles. The molecule has 1 nitrogen and oxygen atoms in total. The Bertz CT molecular complexity index is 107. The SMILES string of the molecule is C=CC(CC(O)CC)C(C)C. The van der Waals surface area contributed by atoms with Crippen LogP contribution in [0.15, 0.2) is 12.7 Å². The van der Waals surface area contributed by atoms with Crippen molar-refractivity contribution in [3.63, 3.8) is 0 Å². The molecule has 0 fully saturated rings. The third-order valence-corrected chi connectivity index (χ3v) is 2.17. The fraction of sp³-hybridized carbons (Fsp3) is 0.800. The molecule has 0 aliphatic heterocycles. The standard InChI is InChI=1S/C10H20O/c1-5-9(8(3)4)7-10(11)6-2/h5,8-11H,1,6-7H2,2-4H3. The van der Waals surface area contributed by atoms with Crippen molar-refractivity contribution in [2.45, 2.75) is 39.7 Å². The van der Waals surface area contributed by atoms with Crippen molar-refractivity contribution in [1.29, 1.82) is 0 Å². The van der Waals surface area contributed by atoms with Gasteiger partial charge in [-0.1, -0.05) is 26.8 Å². The van der Waals surface area contributed by atoms with Gasteiger partial charge in [-0.25, -0.2) is 0 Å². The van der Waals surface area contributed by atoms with Gasteiger partial charge in [0, 0.05) is 0 Å². The minimum absolute atomic E-state index is 0.152. The van der Waals surface area contributed by atoms with E-state index in [1.54, 1.807) is 0 Å². The second kappa shape index (κ2) is 5.36. The predicted molar refractivity (Wildman–Crippen MR) is 49.4 cm³/mol. The van der Waals surface area contributed by atoms with Crippen LogP contribution in [0, 0.1) is 11.8 Å². The minimum atomic E-state index is -0.152. The molecular formula is C10H20O. The number of rotatable bonds is 5. The molecular weight excluding hydrogens is 136 g/mol. The van der Waals surface area contributed by atoms with Gasteiger partial charge in [0.25, 0.3) is 0 Å². The first-order valence-electron chi connectivity index (χ1n) is 4.42. The highest BCUT2D eigenvalue weighted by Crippen LogP contribution is 2.18. The highest BCUT2D eigenvalue weighted by Gasteiger charge is 2.12. The molecule has 0 aromatic rings. The number of allylic oxidation sites excluding steroid dienone is 1. The summed E-state index contributed by atoms with van der Waals surface area (Å²) >= 11 is 0. The largest absolute Gasteiger partial charge is 0.393 e. The van der Waals surface area contributed by atoms with E-state index in [2.05, 4.69) is 20.4 Å². The first-order chi connectivity index (χ1) is 5.11. The van der Waals surface area contributed by atoms with Crippen LogP contribution in [0.5, 0.6) is 0 Å². The average molecular weight is 156 g/mol. The number of aliphatic hydroxyl groups is 1. The van der Waals surface area contributed by atoms with Crippen molar-refractivity contribution in [2.24, 2.45) is 11.8 Å². The Labute approximate surface area is 70.1 Å². The van der Waals surface area contributed by atoms with E-state index in [4.69, 9.17) is 0 Å². The van der Waals surface area contributed by atoms with E-state index in [9.17, 15) is 5.11 Å². The topological polar surface area (TPSA) is 20.2 Å².